The van der Waals surface area contributed by atoms with Crippen molar-refractivity contribution in [1.82, 2.24) is 4.98 Å². The van der Waals surface area contributed by atoms with Crippen molar-refractivity contribution >= 4 is 22.8 Å². The molecule has 3 N–H and O–H groups in total. The molecule has 2 aromatic rings. The van der Waals surface area contributed by atoms with Crippen LogP contribution in [0.4, 0.5) is 5.82 Å². The van der Waals surface area contributed by atoms with Crippen molar-refractivity contribution < 1.29 is 0 Å². The van der Waals surface area contributed by atoms with Crippen LogP contribution in [0.2, 0.25) is 0 Å². The molecule has 1 aromatic heterocycles. The molecule has 0 radical (unpaired) electrons. The standard InChI is InChI=1S/C16H19N3/c17-7-1-2-11-3-4-14-13(10-11)15-12-5-8-19(9-6-12)16(15)18-14/h1-4,10,12,18H,5-9,17H2/b2-1+. The number of rotatable bonds is 2. The number of fused-ring (bicyclic) bond motifs is 3. The zero-order valence-corrected chi connectivity index (χ0v) is 11.0. The van der Waals surface area contributed by atoms with Crippen molar-refractivity contribution in [3.8, 4) is 0 Å². The first-order valence-electron chi connectivity index (χ1n) is 7.14. The molecule has 1 saturated heterocycles. The molecule has 3 aliphatic heterocycles. The Morgan fingerprint density at radius 3 is 2.95 bits per heavy atom. The summed E-state index contributed by atoms with van der Waals surface area (Å²) in [5.41, 5.74) is 9.60. The number of nitrogens with zero attached hydrogens (tertiary/aromatic N) is 1. The van der Waals surface area contributed by atoms with E-state index in [1.54, 1.807) is 5.56 Å². The Hall–Kier alpha value is -1.74. The first kappa shape index (κ1) is 11.1. The molecule has 0 atom stereocenters. The number of anilines is 1. The normalized spacial score (nSPS) is 18.7. The van der Waals surface area contributed by atoms with Gasteiger partial charge in [-0.1, -0.05) is 18.2 Å². The lowest BCUT2D eigenvalue weighted by Crippen LogP contribution is -2.38. The zero-order valence-electron chi connectivity index (χ0n) is 11.0. The van der Waals surface area contributed by atoms with Gasteiger partial charge in [0, 0.05) is 36.1 Å². The van der Waals surface area contributed by atoms with Gasteiger partial charge < -0.3 is 15.6 Å². The van der Waals surface area contributed by atoms with Gasteiger partial charge in [-0.25, -0.2) is 0 Å². The molecule has 2 bridgehead atoms. The first-order chi connectivity index (χ1) is 9.36. The fourth-order valence-electron chi connectivity index (χ4n) is 3.58. The fraction of sp³-hybridized carbons (Fsp3) is 0.375. The quantitative estimate of drug-likeness (QED) is 0.864. The van der Waals surface area contributed by atoms with Gasteiger partial charge >= 0.3 is 0 Å². The summed E-state index contributed by atoms with van der Waals surface area (Å²) in [7, 11) is 0. The average Bonchev–Trinajstić information content (AvgIpc) is 2.87. The van der Waals surface area contributed by atoms with E-state index in [9.17, 15) is 0 Å². The number of benzene rings is 1. The van der Waals surface area contributed by atoms with Crippen molar-refractivity contribution in [1.29, 1.82) is 0 Å². The maximum Gasteiger partial charge on any atom is 0.110 e. The summed E-state index contributed by atoms with van der Waals surface area (Å²) in [5, 5.41) is 1.41. The average molecular weight is 253 g/mol. The minimum absolute atomic E-state index is 0.597. The molecule has 3 aliphatic rings. The van der Waals surface area contributed by atoms with Crippen molar-refractivity contribution in [2.45, 2.75) is 18.8 Å². The summed E-state index contributed by atoms with van der Waals surface area (Å²) in [5.74, 6) is 2.12. The largest absolute Gasteiger partial charge is 0.358 e. The highest BCUT2D eigenvalue weighted by molar-refractivity contribution is 5.92. The van der Waals surface area contributed by atoms with Crippen LogP contribution in [0.1, 0.15) is 29.9 Å². The van der Waals surface area contributed by atoms with Gasteiger partial charge in [0.1, 0.15) is 5.82 Å². The third kappa shape index (κ3) is 1.61. The van der Waals surface area contributed by atoms with E-state index >= 15 is 0 Å². The number of H-pyrrole nitrogens is 1. The highest BCUT2D eigenvalue weighted by Crippen LogP contribution is 2.45. The van der Waals surface area contributed by atoms with E-state index in [0.717, 1.165) is 5.92 Å². The molecule has 3 heteroatoms. The Labute approximate surface area is 113 Å². The number of hydrogen-bond donors (Lipinski definition) is 2. The number of aromatic amines is 1. The van der Waals surface area contributed by atoms with Gasteiger partial charge in [0.05, 0.1) is 0 Å². The van der Waals surface area contributed by atoms with Crippen LogP contribution in [0, 0.1) is 0 Å². The molecule has 3 nitrogen and oxygen atoms in total. The smallest absolute Gasteiger partial charge is 0.110 e. The molecule has 0 aliphatic carbocycles. The van der Waals surface area contributed by atoms with Gasteiger partial charge in [-0.2, -0.15) is 0 Å². The van der Waals surface area contributed by atoms with Crippen molar-refractivity contribution in [2.75, 3.05) is 24.5 Å². The Morgan fingerprint density at radius 2 is 2.16 bits per heavy atom. The molecular formula is C16H19N3. The summed E-state index contributed by atoms with van der Waals surface area (Å²) in [6, 6.07) is 6.66. The summed E-state index contributed by atoms with van der Waals surface area (Å²) < 4.78 is 0. The lowest BCUT2D eigenvalue weighted by Gasteiger charge is -2.40. The van der Waals surface area contributed by atoms with Crippen molar-refractivity contribution in [3.05, 3.63) is 35.4 Å². The molecule has 19 heavy (non-hydrogen) atoms. The topological polar surface area (TPSA) is 45.1 Å². The van der Waals surface area contributed by atoms with E-state index in [0.29, 0.717) is 6.54 Å². The Morgan fingerprint density at radius 1 is 1.32 bits per heavy atom. The Kier molecular flexibility index (Phi) is 2.42. The number of nitrogens with two attached hydrogens (primary N) is 1. The predicted molar refractivity (Wildman–Crippen MR) is 80.6 cm³/mol. The van der Waals surface area contributed by atoms with Gasteiger partial charge in [-0.15, -0.1) is 0 Å². The summed E-state index contributed by atoms with van der Waals surface area (Å²) in [6.45, 7) is 3.02. The summed E-state index contributed by atoms with van der Waals surface area (Å²) in [4.78, 5) is 6.11. The molecule has 4 heterocycles. The third-order valence-electron chi connectivity index (χ3n) is 4.51. The summed E-state index contributed by atoms with van der Waals surface area (Å²) in [6.07, 6.45) is 6.74. The van der Waals surface area contributed by atoms with Crippen LogP contribution in [0.5, 0.6) is 0 Å². The minimum atomic E-state index is 0.597. The van der Waals surface area contributed by atoms with Gasteiger partial charge in [-0.3, -0.25) is 0 Å². The van der Waals surface area contributed by atoms with Gasteiger partial charge in [0.25, 0.3) is 0 Å². The molecule has 1 aromatic carbocycles. The van der Waals surface area contributed by atoms with E-state index in [2.05, 4.69) is 34.2 Å². The van der Waals surface area contributed by atoms with Crippen LogP contribution in [-0.2, 0) is 0 Å². The zero-order chi connectivity index (χ0) is 12.8. The molecule has 0 unspecified atom stereocenters. The van der Waals surface area contributed by atoms with Gasteiger partial charge in [-0.05, 0) is 36.5 Å². The molecule has 1 fully saturated rings. The SMILES string of the molecule is NC/C=C/c1ccc2[nH]c3c(c2c1)C1CCN3CC1. The van der Waals surface area contributed by atoms with Gasteiger partial charge in [0.2, 0.25) is 0 Å². The number of hydrogen-bond acceptors (Lipinski definition) is 2. The molecule has 0 saturated carbocycles. The molecule has 5 rings (SSSR count). The van der Waals surface area contributed by atoms with Crippen molar-refractivity contribution in [2.24, 2.45) is 5.73 Å². The van der Waals surface area contributed by atoms with Crippen LogP contribution in [-0.4, -0.2) is 24.6 Å². The maximum absolute atomic E-state index is 5.53. The number of aromatic nitrogens is 1. The van der Waals surface area contributed by atoms with E-state index in [1.807, 2.05) is 6.08 Å². The second-order valence-electron chi connectivity index (χ2n) is 5.59. The number of nitrogens with one attached hydrogen (secondary N) is 1. The molecule has 0 amide bonds. The monoisotopic (exact) mass is 253 g/mol. The lowest BCUT2D eigenvalue weighted by molar-refractivity contribution is 0.475. The van der Waals surface area contributed by atoms with Crippen LogP contribution in [0.25, 0.3) is 17.0 Å². The van der Waals surface area contributed by atoms with E-state index in [4.69, 9.17) is 5.73 Å². The summed E-state index contributed by atoms with van der Waals surface area (Å²) >= 11 is 0. The maximum atomic E-state index is 5.53. The van der Waals surface area contributed by atoms with E-state index < -0.39 is 0 Å². The third-order valence-corrected chi connectivity index (χ3v) is 4.51. The molecule has 98 valence electrons. The van der Waals surface area contributed by atoms with Crippen LogP contribution in [0.15, 0.2) is 24.3 Å². The minimum Gasteiger partial charge on any atom is -0.358 e. The second-order valence-corrected chi connectivity index (χ2v) is 5.59. The number of piperidine rings is 1. The lowest BCUT2D eigenvalue weighted by atomic mass is 9.84. The second kappa shape index (κ2) is 4.14. The Bertz CT molecular complexity index is 645. The Balaban J connectivity index is 1.90. The highest BCUT2D eigenvalue weighted by Gasteiger charge is 2.33. The first-order valence-corrected chi connectivity index (χ1v) is 7.14. The van der Waals surface area contributed by atoms with Gasteiger partial charge in [0.15, 0.2) is 0 Å². The van der Waals surface area contributed by atoms with Crippen LogP contribution < -0.4 is 10.6 Å². The van der Waals surface area contributed by atoms with E-state index in [-0.39, 0.29) is 0 Å². The van der Waals surface area contributed by atoms with Crippen LogP contribution >= 0.6 is 0 Å². The van der Waals surface area contributed by atoms with Crippen molar-refractivity contribution in [3.63, 3.8) is 0 Å². The van der Waals surface area contributed by atoms with Crippen LogP contribution in [0.3, 0.4) is 0 Å². The molecular weight excluding hydrogens is 234 g/mol. The fourth-order valence-corrected chi connectivity index (χ4v) is 3.58. The predicted octanol–water partition coefficient (Wildman–Crippen LogP) is 2.84. The highest BCUT2D eigenvalue weighted by atomic mass is 15.2. The van der Waals surface area contributed by atoms with E-state index in [1.165, 1.54) is 48.2 Å². The molecule has 0 spiro atoms.